The molecule has 3 rings (SSSR count). The van der Waals surface area contributed by atoms with Crippen molar-refractivity contribution in [2.24, 2.45) is 0 Å². The maximum Gasteiger partial charge on any atom is 0.347 e. The van der Waals surface area contributed by atoms with Gasteiger partial charge in [-0.05, 0) is 49.7 Å². The van der Waals surface area contributed by atoms with Crippen LogP contribution in [0.25, 0.3) is 0 Å². The summed E-state index contributed by atoms with van der Waals surface area (Å²) in [6.45, 7) is 2.96. The second kappa shape index (κ2) is 7.39. The SMILES string of the molecule is C[C@H](Oc1ccccc1)C(=O)OCC(=O)c1ccc2c(c1)[C@@H](C)C(=O)N2. The number of rotatable bonds is 6. The van der Waals surface area contributed by atoms with Gasteiger partial charge in [0, 0.05) is 11.3 Å². The lowest BCUT2D eigenvalue weighted by Crippen LogP contribution is -2.28. The van der Waals surface area contributed by atoms with E-state index in [-0.39, 0.29) is 24.2 Å². The molecule has 1 aliphatic heterocycles. The summed E-state index contributed by atoms with van der Waals surface area (Å²) >= 11 is 0. The lowest BCUT2D eigenvalue weighted by molar-refractivity contribution is -0.149. The fraction of sp³-hybridized carbons (Fsp3) is 0.250. The van der Waals surface area contributed by atoms with Crippen molar-refractivity contribution in [1.82, 2.24) is 0 Å². The molecule has 0 bridgehead atoms. The highest BCUT2D eigenvalue weighted by molar-refractivity contribution is 6.05. The fourth-order valence-corrected chi connectivity index (χ4v) is 2.68. The number of hydrogen-bond acceptors (Lipinski definition) is 5. The molecule has 6 nitrogen and oxygen atoms in total. The number of ether oxygens (including phenoxy) is 2. The number of Topliss-reactive ketones (excluding diaryl/α,β-unsaturated/α-hetero) is 1. The first-order valence-corrected chi connectivity index (χ1v) is 8.32. The summed E-state index contributed by atoms with van der Waals surface area (Å²) in [4.78, 5) is 36.0. The molecule has 2 aromatic carbocycles. The van der Waals surface area contributed by atoms with Crippen LogP contribution in [0.5, 0.6) is 5.75 Å². The minimum absolute atomic E-state index is 0.0945. The summed E-state index contributed by atoms with van der Waals surface area (Å²) < 4.78 is 10.5. The van der Waals surface area contributed by atoms with E-state index in [1.54, 1.807) is 56.3 Å². The second-order valence-electron chi connectivity index (χ2n) is 6.12. The normalized spacial score (nSPS) is 16.4. The Bertz CT molecular complexity index is 847. The standard InChI is InChI=1S/C20H19NO5/c1-12-16-10-14(8-9-17(16)21-19(12)23)18(22)11-25-20(24)13(2)26-15-6-4-3-5-7-15/h3-10,12-13H,11H2,1-2H3,(H,21,23)/t12-,13+/m1/s1. The number of hydrogen-bond donors (Lipinski definition) is 1. The van der Waals surface area contributed by atoms with E-state index in [1.165, 1.54) is 0 Å². The largest absolute Gasteiger partial charge is 0.479 e. The molecule has 1 aliphatic rings. The monoisotopic (exact) mass is 353 g/mol. The first-order valence-electron chi connectivity index (χ1n) is 8.32. The Balaban J connectivity index is 1.57. The Labute approximate surface area is 151 Å². The maximum atomic E-state index is 12.3. The molecule has 0 saturated carbocycles. The number of carbonyl (C=O) groups excluding carboxylic acids is 3. The van der Waals surface area contributed by atoms with Crippen LogP contribution < -0.4 is 10.1 Å². The molecular weight excluding hydrogens is 334 g/mol. The molecule has 0 aliphatic carbocycles. The third-order valence-electron chi connectivity index (χ3n) is 4.22. The zero-order valence-electron chi connectivity index (χ0n) is 14.5. The molecule has 1 heterocycles. The third-order valence-corrected chi connectivity index (χ3v) is 4.22. The van der Waals surface area contributed by atoms with E-state index in [2.05, 4.69) is 5.32 Å². The molecule has 0 spiro atoms. The predicted octanol–water partition coefficient (Wildman–Crippen LogP) is 2.94. The number of benzene rings is 2. The molecule has 0 radical (unpaired) electrons. The van der Waals surface area contributed by atoms with Crippen molar-refractivity contribution in [2.45, 2.75) is 25.9 Å². The van der Waals surface area contributed by atoms with Crippen molar-refractivity contribution in [3.8, 4) is 5.75 Å². The van der Waals surface area contributed by atoms with Gasteiger partial charge in [0.2, 0.25) is 5.91 Å². The van der Waals surface area contributed by atoms with Gasteiger partial charge in [-0.2, -0.15) is 0 Å². The minimum Gasteiger partial charge on any atom is -0.479 e. The Morgan fingerprint density at radius 3 is 2.62 bits per heavy atom. The van der Waals surface area contributed by atoms with Crippen LogP contribution in [0.1, 0.15) is 35.7 Å². The quantitative estimate of drug-likeness (QED) is 0.638. The van der Waals surface area contributed by atoms with Crippen molar-refractivity contribution < 1.29 is 23.9 Å². The number of esters is 1. The van der Waals surface area contributed by atoms with Crippen LogP contribution in [0.15, 0.2) is 48.5 Å². The first kappa shape index (κ1) is 17.7. The van der Waals surface area contributed by atoms with Crippen molar-refractivity contribution in [3.63, 3.8) is 0 Å². The molecule has 2 aromatic rings. The van der Waals surface area contributed by atoms with E-state index in [0.717, 1.165) is 5.56 Å². The average molecular weight is 353 g/mol. The zero-order chi connectivity index (χ0) is 18.7. The Hall–Kier alpha value is -3.15. The number of amides is 1. The highest BCUT2D eigenvalue weighted by atomic mass is 16.6. The molecule has 0 unspecified atom stereocenters. The number of ketones is 1. The number of nitrogens with one attached hydrogen (secondary N) is 1. The van der Waals surface area contributed by atoms with E-state index in [4.69, 9.17) is 9.47 Å². The summed E-state index contributed by atoms with van der Waals surface area (Å²) in [5.74, 6) is -0.802. The van der Waals surface area contributed by atoms with Crippen LogP contribution in [0, 0.1) is 0 Å². The van der Waals surface area contributed by atoms with E-state index >= 15 is 0 Å². The van der Waals surface area contributed by atoms with Gasteiger partial charge in [0.05, 0.1) is 5.92 Å². The molecule has 0 fully saturated rings. The molecular formula is C20H19NO5. The van der Waals surface area contributed by atoms with Crippen molar-refractivity contribution in [3.05, 3.63) is 59.7 Å². The van der Waals surface area contributed by atoms with E-state index in [0.29, 0.717) is 17.0 Å². The molecule has 1 N–H and O–H groups in total. The third kappa shape index (κ3) is 3.74. The smallest absolute Gasteiger partial charge is 0.347 e. The van der Waals surface area contributed by atoms with Gasteiger partial charge in [-0.25, -0.2) is 4.79 Å². The van der Waals surface area contributed by atoms with Gasteiger partial charge < -0.3 is 14.8 Å². The fourth-order valence-electron chi connectivity index (χ4n) is 2.68. The van der Waals surface area contributed by atoms with Crippen molar-refractivity contribution in [2.75, 3.05) is 11.9 Å². The lowest BCUT2D eigenvalue weighted by Gasteiger charge is -2.13. The van der Waals surface area contributed by atoms with Crippen molar-refractivity contribution >= 4 is 23.3 Å². The van der Waals surface area contributed by atoms with Gasteiger partial charge in [-0.1, -0.05) is 18.2 Å². The van der Waals surface area contributed by atoms with Crippen molar-refractivity contribution in [1.29, 1.82) is 0 Å². The van der Waals surface area contributed by atoms with Crippen LogP contribution in [0.3, 0.4) is 0 Å². The summed E-state index contributed by atoms with van der Waals surface area (Å²) in [5, 5.41) is 2.75. The molecule has 0 saturated heterocycles. The summed E-state index contributed by atoms with van der Waals surface area (Å²) in [6.07, 6.45) is -0.827. The predicted molar refractivity (Wildman–Crippen MR) is 95.3 cm³/mol. The van der Waals surface area contributed by atoms with E-state index in [9.17, 15) is 14.4 Å². The van der Waals surface area contributed by atoms with Gasteiger partial charge in [0.25, 0.3) is 0 Å². The summed E-state index contributed by atoms with van der Waals surface area (Å²) in [6, 6.07) is 13.9. The zero-order valence-corrected chi connectivity index (χ0v) is 14.5. The Morgan fingerprint density at radius 1 is 1.15 bits per heavy atom. The minimum atomic E-state index is -0.827. The van der Waals surface area contributed by atoms with Gasteiger partial charge in [0.1, 0.15) is 5.75 Å². The molecule has 134 valence electrons. The topological polar surface area (TPSA) is 81.7 Å². The van der Waals surface area contributed by atoms with Crippen LogP contribution in [0.2, 0.25) is 0 Å². The summed E-state index contributed by atoms with van der Waals surface area (Å²) in [7, 11) is 0. The maximum absolute atomic E-state index is 12.3. The number of fused-ring (bicyclic) bond motifs is 1. The summed E-state index contributed by atoms with van der Waals surface area (Å²) in [5.41, 5.74) is 1.88. The second-order valence-corrected chi connectivity index (χ2v) is 6.12. The first-order chi connectivity index (χ1) is 12.5. The number of anilines is 1. The number of carbonyl (C=O) groups is 3. The van der Waals surface area contributed by atoms with Crippen LogP contribution in [0.4, 0.5) is 5.69 Å². The molecule has 2 atom stereocenters. The molecule has 0 aromatic heterocycles. The Kier molecular flexibility index (Phi) is 5.02. The highest BCUT2D eigenvalue weighted by Gasteiger charge is 2.27. The number of para-hydroxylation sites is 1. The van der Waals surface area contributed by atoms with Crippen LogP contribution in [-0.2, 0) is 14.3 Å². The van der Waals surface area contributed by atoms with E-state index in [1.807, 2.05) is 6.07 Å². The van der Waals surface area contributed by atoms with Gasteiger partial charge >= 0.3 is 5.97 Å². The average Bonchev–Trinajstić information content (AvgIpc) is 2.94. The van der Waals surface area contributed by atoms with Gasteiger partial charge in [0.15, 0.2) is 18.5 Å². The van der Waals surface area contributed by atoms with Gasteiger partial charge in [-0.3, -0.25) is 9.59 Å². The molecule has 6 heteroatoms. The Morgan fingerprint density at radius 2 is 1.88 bits per heavy atom. The van der Waals surface area contributed by atoms with Crippen LogP contribution in [-0.4, -0.2) is 30.4 Å². The highest BCUT2D eigenvalue weighted by Crippen LogP contribution is 2.32. The molecule has 26 heavy (non-hydrogen) atoms. The van der Waals surface area contributed by atoms with E-state index < -0.39 is 12.1 Å². The lowest BCUT2D eigenvalue weighted by atomic mass is 9.99. The van der Waals surface area contributed by atoms with Gasteiger partial charge in [-0.15, -0.1) is 0 Å². The molecule has 1 amide bonds. The van der Waals surface area contributed by atoms with Crippen LogP contribution >= 0.6 is 0 Å².